The van der Waals surface area contributed by atoms with Gasteiger partial charge in [0.15, 0.2) is 5.82 Å². The van der Waals surface area contributed by atoms with Crippen LogP contribution in [0.4, 0.5) is 5.82 Å². The first-order chi connectivity index (χ1) is 11.6. The first kappa shape index (κ1) is 17.0. The van der Waals surface area contributed by atoms with E-state index in [0.717, 1.165) is 48.5 Å². The van der Waals surface area contributed by atoms with E-state index in [1.165, 1.54) is 0 Å². The van der Waals surface area contributed by atoms with E-state index in [-0.39, 0.29) is 5.91 Å². The average molecular weight is 344 g/mol. The second-order valence-electron chi connectivity index (χ2n) is 6.53. The molecule has 0 saturated carbocycles. The summed E-state index contributed by atoms with van der Waals surface area (Å²) in [6.07, 6.45) is 1.80. The number of carbonyl (C=O) groups excluding carboxylic acids is 1. The highest BCUT2D eigenvalue weighted by atomic mass is 32.2. The smallest absolute Gasteiger partial charge is 0.232 e. The Morgan fingerprint density at radius 1 is 1.21 bits per heavy atom. The topological polar surface area (TPSA) is 49.3 Å². The predicted octanol–water partition coefficient (Wildman–Crippen LogP) is 2.67. The number of aromatic nitrogens is 2. The molecule has 6 heteroatoms. The van der Waals surface area contributed by atoms with E-state index in [0.29, 0.717) is 11.7 Å². The Morgan fingerprint density at radius 2 is 1.96 bits per heavy atom. The summed E-state index contributed by atoms with van der Waals surface area (Å²) < 4.78 is 0. The molecule has 0 bridgehead atoms. The van der Waals surface area contributed by atoms with E-state index in [4.69, 9.17) is 0 Å². The number of fused-ring (bicyclic) bond motifs is 1. The third kappa shape index (κ3) is 3.98. The maximum Gasteiger partial charge on any atom is 0.232 e. The molecule has 1 amide bonds. The van der Waals surface area contributed by atoms with Crippen molar-refractivity contribution in [1.82, 2.24) is 15.1 Å². The first-order valence-electron chi connectivity index (χ1n) is 8.46. The third-order valence-electron chi connectivity index (χ3n) is 4.16. The highest BCUT2D eigenvalue weighted by Crippen LogP contribution is 2.24. The number of benzene rings is 1. The van der Waals surface area contributed by atoms with E-state index < -0.39 is 0 Å². The summed E-state index contributed by atoms with van der Waals surface area (Å²) in [6.45, 7) is 7.49. The van der Waals surface area contributed by atoms with Gasteiger partial charge in [0, 0.05) is 37.0 Å². The van der Waals surface area contributed by atoms with Gasteiger partial charge in [0.25, 0.3) is 0 Å². The maximum atomic E-state index is 12.3. The van der Waals surface area contributed by atoms with Gasteiger partial charge in [0.1, 0.15) is 0 Å². The van der Waals surface area contributed by atoms with E-state index >= 15 is 0 Å². The lowest BCUT2D eigenvalue weighted by molar-refractivity contribution is -0.128. The van der Waals surface area contributed by atoms with Crippen LogP contribution in [0.15, 0.2) is 30.5 Å². The number of nitrogens with zero attached hydrogens (tertiary/aromatic N) is 4. The molecule has 2 heterocycles. The second kappa shape index (κ2) is 7.83. The van der Waals surface area contributed by atoms with Crippen molar-refractivity contribution >= 4 is 34.3 Å². The maximum absolute atomic E-state index is 12.3. The first-order valence-corrected chi connectivity index (χ1v) is 9.61. The van der Waals surface area contributed by atoms with Gasteiger partial charge >= 0.3 is 0 Å². The van der Waals surface area contributed by atoms with Crippen molar-refractivity contribution < 1.29 is 4.79 Å². The zero-order valence-corrected chi connectivity index (χ0v) is 15.1. The van der Waals surface area contributed by atoms with Crippen molar-refractivity contribution in [3.05, 3.63) is 30.5 Å². The Kier molecular flexibility index (Phi) is 5.56. The number of rotatable bonds is 5. The third-order valence-corrected chi connectivity index (χ3v) is 5.51. The van der Waals surface area contributed by atoms with Crippen LogP contribution < -0.4 is 4.90 Å². The summed E-state index contributed by atoms with van der Waals surface area (Å²) >= 11 is 1.73. The molecule has 24 heavy (non-hydrogen) atoms. The predicted molar refractivity (Wildman–Crippen MR) is 100 cm³/mol. The minimum Gasteiger partial charge on any atom is -0.351 e. The zero-order valence-electron chi connectivity index (χ0n) is 14.3. The molecular formula is C18H24N4OS. The largest absolute Gasteiger partial charge is 0.351 e. The average Bonchev–Trinajstić information content (AvgIpc) is 2.61. The minimum atomic E-state index is 0.254. The highest BCUT2D eigenvalue weighted by Gasteiger charge is 2.23. The van der Waals surface area contributed by atoms with Crippen LogP contribution in [0.3, 0.4) is 0 Å². The Hall–Kier alpha value is -1.82. The number of thioether (sulfide) groups is 1. The lowest BCUT2D eigenvalue weighted by Gasteiger charge is -2.35. The zero-order chi connectivity index (χ0) is 16.9. The SMILES string of the molecule is CC(C)CSCC(=O)N1CCN(c2nncc3ccccc23)CC1. The van der Waals surface area contributed by atoms with Crippen LogP contribution in [0.2, 0.25) is 0 Å². The number of piperazine rings is 1. The molecule has 0 atom stereocenters. The van der Waals surface area contributed by atoms with Crippen molar-refractivity contribution in [3.8, 4) is 0 Å². The molecule has 0 radical (unpaired) electrons. The van der Waals surface area contributed by atoms with Crippen LogP contribution in [0, 0.1) is 5.92 Å². The number of hydrogen-bond donors (Lipinski definition) is 0. The van der Waals surface area contributed by atoms with Gasteiger partial charge < -0.3 is 9.80 Å². The Bertz CT molecular complexity index is 693. The van der Waals surface area contributed by atoms with Crippen molar-refractivity contribution in [2.45, 2.75) is 13.8 Å². The molecule has 0 N–H and O–H groups in total. The molecule has 1 aliphatic rings. The minimum absolute atomic E-state index is 0.254. The van der Waals surface area contributed by atoms with Gasteiger partial charge in [-0.25, -0.2) is 0 Å². The van der Waals surface area contributed by atoms with E-state index in [9.17, 15) is 4.79 Å². The van der Waals surface area contributed by atoms with Crippen molar-refractivity contribution in [2.24, 2.45) is 5.92 Å². The Morgan fingerprint density at radius 3 is 2.71 bits per heavy atom. The summed E-state index contributed by atoms with van der Waals surface area (Å²) in [5.41, 5.74) is 0. The molecule has 128 valence electrons. The van der Waals surface area contributed by atoms with Gasteiger partial charge in [-0.3, -0.25) is 4.79 Å². The molecule has 2 aromatic rings. The lowest BCUT2D eigenvalue weighted by Crippen LogP contribution is -2.49. The molecule has 3 rings (SSSR count). The molecular weight excluding hydrogens is 320 g/mol. The van der Waals surface area contributed by atoms with Crippen LogP contribution in [-0.4, -0.2) is 58.7 Å². The van der Waals surface area contributed by atoms with Gasteiger partial charge in [0.05, 0.1) is 11.9 Å². The van der Waals surface area contributed by atoms with Gasteiger partial charge in [-0.1, -0.05) is 38.1 Å². The van der Waals surface area contributed by atoms with Crippen LogP contribution in [0.25, 0.3) is 10.8 Å². The molecule has 1 saturated heterocycles. The van der Waals surface area contributed by atoms with Crippen LogP contribution in [-0.2, 0) is 4.79 Å². The van der Waals surface area contributed by atoms with E-state index in [1.54, 1.807) is 18.0 Å². The Labute approximate surface area is 147 Å². The van der Waals surface area contributed by atoms with Gasteiger partial charge in [-0.15, -0.1) is 5.10 Å². The molecule has 0 spiro atoms. The van der Waals surface area contributed by atoms with Crippen molar-refractivity contribution in [1.29, 1.82) is 0 Å². The molecule has 0 unspecified atom stereocenters. The summed E-state index contributed by atoms with van der Waals surface area (Å²) in [6, 6.07) is 8.18. The van der Waals surface area contributed by atoms with Gasteiger partial charge in [-0.2, -0.15) is 16.9 Å². The summed E-state index contributed by atoms with van der Waals surface area (Å²) in [7, 11) is 0. The molecule has 1 fully saturated rings. The molecule has 0 aliphatic carbocycles. The number of hydrogen-bond acceptors (Lipinski definition) is 5. The summed E-state index contributed by atoms with van der Waals surface area (Å²) in [5.74, 6) is 3.44. The fraction of sp³-hybridized carbons (Fsp3) is 0.500. The Balaban J connectivity index is 1.59. The fourth-order valence-corrected chi connectivity index (χ4v) is 3.83. The number of anilines is 1. The van der Waals surface area contributed by atoms with Gasteiger partial charge in [-0.05, 0) is 11.7 Å². The monoisotopic (exact) mass is 344 g/mol. The van der Waals surface area contributed by atoms with Crippen LogP contribution in [0.1, 0.15) is 13.8 Å². The normalized spacial score (nSPS) is 15.3. The number of carbonyl (C=O) groups is 1. The van der Waals surface area contributed by atoms with Crippen LogP contribution in [0.5, 0.6) is 0 Å². The summed E-state index contributed by atoms with van der Waals surface area (Å²) in [5, 5.41) is 10.7. The second-order valence-corrected chi connectivity index (χ2v) is 7.56. The molecule has 1 aromatic heterocycles. The molecule has 5 nitrogen and oxygen atoms in total. The quantitative estimate of drug-likeness (QED) is 0.835. The summed E-state index contributed by atoms with van der Waals surface area (Å²) in [4.78, 5) is 16.5. The highest BCUT2D eigenvalue weighted by molar-refractivity contribution is 7.99. The molecule has 1 aromatic carbocycles. The standard InChI is InChI=1S/C18H24N4OS/c1-14(2)12-24-13-17(23)21-7-9-22(10-8-21)18-16-6-4-3-5-15(16)11-19-20-18/h3-6,11,14H,7-10,12-13H2,1-2H3. The molecule has 1 aliphatic heterocycles. The van der Waals surface area contributed by atoms with Crippen molar-refractivity contribution in [2.75, 3.05) is 42.6 Å². The lowest BCUT2D eigenvalue weighted by atomic mass is 10.1. The van der Waals surface area contributed by atoms with E-state index in [2.05, 4.69) is 41.1 Å². The number of amides is 1. The van der Waals surface area contributed by atoms with E-state index in [1.807, 2.05) is 17.0 Å². The van der Waals surface area contributed by atoms with Crippen molar-refractivity contribution in [3.63, 3.8) is 0 Å². The van der Waals surface area contributed by atoms with Crippen LogP contribution >= 0.6 is 11.8 Å². The van der Waals surface area contributed by atoms with Gasteiger partial charge in [0.2, 0.25) is 5.91 Å². The fourth-order valence-electron chi connectivity index (χ4n) is 2.89.